The van der Waals surface area contributed by atoms with E-state index in [0.29, 0.717) is 5.69 Å². The number of anilines is 1. The molecule has 0 spiro atoms. The maximum Gasteiger partial charge on any atom is 0.319 e. The lowest BCUT2D eigenvalue weighted by Crippen LogP contribution is -2.34. The third-order valence-electron chi connectivity index (χ3n) is 2.79. The van der Waals surface area contributed by atoms with Crippen LogP contribution in [0.5, 0.6) is 0 Å². The first kappa shape index (κ1) is 14.8. The fraction of sp³-hybridized carbons (Fsp3) is 0.133. The molecule has 0 saturated heterocycles. The number of aliphatic hydroxyl groups excluding tert-OH is 1. The quantitative estimate of drug-likeness (QED) is 0.712. The Hall–Kier alpha value is -1.60. The molecule has 3 N–H and O–H groups in total. The van der Waals surface area contributed by atoms with Gasteiger partial charge in [-0.05, 0) is 52.4 Å². The van der Waals surface area contributed by atoms with E-state index in [4.69, 9.17) is 0 Å². The summed E-state index contributed by atoms with van der Waals surface area (Å²) in [6.07, 6.45) is 0. The summed E-state index contributed by atoms with van der Waals surface area (Å²) in [5.41, 5.74) is 1.58. The van der Waals surface area contributed by atoms with Crippen molar-refractivity contribution in [2.45, 2.75) is 6.04 Å². The summed E-state index contributed by atoms with van der Waals surface area (Å²) in [5.74, 6) is 0. The van der Waals surface area contributed by atoms with Gasteiger partial charge >= 0.3 is 6.03 Å². The monoisotopic (exact) mass is 382 g/mol. The maximum atomic E-state index is 11.9. The number of urea groups is 1. The van der Waals surface area contributed by atoms with Crippen LogP contribution in [0.2, 0.25) is 0 Å². The molecule has 5 heteroatoms. The molecule has 20 heavy (non-hydrogen) atoms. The zero-order valence-electron chi connectivity index (χ0n) is 10.7. The predicted molar refractivity (Wildman–Crippen MR) is 87.6 cm³/mol. The molecule has 2 amide bonds. The van der Waals surface area contributed by atoms with Crippen molar-refractivity contribution < 1.29 is 9.90 Å². The van der Waals surface area contributed by atoms with Gasteiger partial charge in [0.15, 0.2) is 0 Å². The van der Waals surface area contributed by atoms with E-state index in [0.717, 1.165) is 9.13 Å². The Balaban J connectivity index is 1.97. The fourth-order valence-corrected chi connectivity index (χ4v) is 2.14. The van der Waals surface area contributed by atoms with Gasteiger partial charge in [0.2, 0.25) is 0 Å². The van der Waals surface area contributed by atoms with E-state index in [1.54, 1.807) is 0 Å². The van der Waals surface area contributed by atoms with Crippen molar-refractivity contribution in [3.8, 4) is 0 Å². The normalized spacial score (nSPS) is 11.7. The van der Waals surface area contributed by atoms with Gasteiger partial charge in [-0.15, -0.1) is 0 Å². The van der Waals surface area contributed by atoms with E-state index in [-0.39, 0.29) is 12.6 Å². The molecular formula is C15H15IN2O2. The highest BCUT2D eigenvalue weighted by Crippen LogP contribution is 2.13. The molecule has 0 radical (unpaired) electrons. The Labute approximate surface area is 131 Å². The zero-order chi connectivity index (χ0) is 14.4. The number of rotatable bonds is 4. The van der Waals surface area contributed by atoms with Gasteiger partial charge in [-0.1, -0.05) is 30.3 Å². The maximum absolute atomic E-state index is 11.9. The van der Waals surface area contributed by atoms with Crippen molar-refractivity contribution in [3.05, 3.63) is 63.7 Å². The molecule has 0 bridgehead atoms. The molecule has 4 nitrogen and oxygen atoms in total. The fourth-order valence-electron chi connectivity index (χ4n) is 1.78. The molecule has 0 aliphatic carbocycles. The van der Waals surface area contributed by atoms with Crippen molar-refractivity contribution in [1.82, 2.24) is 5.32 Å². The number of carbonyl (C=O) groups excluding carboxylic acids is 1. The van der Waals surface area contributed by atoms with Crippen LogP contribution in [-0.4, -0.2) is 17.7 Å². The summed E-state index contributed by atoms with van der Waals surface area (Å²) in [5, 5.41) is 14.9. The molecule has 1 unspecified atom stereocenters. The van der Waals surface area contributed by atoms with Crippen LogP contribution in [0.1, 0.15) is 11.6 Å². The van der Waals surface area contributed by atoms with E-state index in [2.05, 4.69) is 33.2 Å². The first-order valence-corrected chi connectivity index (χ1v) is 7.26. The van der Waals surface area contributed by atoms with E-state index in [1.165, 1.54) is 0 Å². The second-order valence-corrected chi connectivity index (χ2v) is 5.50. The Morgan fingerprint density at radius 2 is 1.75 bits per heavy atom. The highest BCUT2D eigenvalue weighted by atomic mass is 127. The number of aliphatic hydroxyl groups is 1. The van der Waals surface area contributed by atoms with Crippen LogP contribution in [0.15, 0.2) is 54.6 Å². The first-order valence-electron chi connectivity index (χ1n) is 6.18. The Morgan fingerprint density at radius 3 is 2.35 bits per heavy atom. The van der Waals surface area contributed by atoms with Gasteiger partial charge in [0.25, 0.3) is 0 Å². The lowest BCUT2D eigenvalue weighted by atomic mass is 10.1. The topological polar surface area (TPSA) is 61.4 Å². The molecule has 0 heterocycles. The summed E-state index contributed by atoms with van der Waals surface area (Å²) in [7, 11) is 0. The smallest absolute Gasteiger partial charge is 0.319 e. The van der Waals surface area contributed by atoms with E-state index >= 15 is 0 Å². The van der Waals surface area contributed by atoms with Crippen LogP contribution < -0.4 is 10.6 Å². The minimum atomic E-state index is -0.417. The van der Waals surface area contributed by atoms with Gasteiger partial charge in [0, 0.05) is 9.26 Å². The molecule has 0 aliphatic heterocycles. The average Bonchev–Trinajstić information content (AvgIpc) is 2.48. The second kappa shape index (κ2) is 7.25. The van der Waals surface area contributed by atoms with Gasteiger partial charge in [0.05, 0.1) is 12.6 Å². The van der Waals surface area contributed by atoms with Gasteiger partial charge in [-0.3, -0.25) is 0 Å². The van der Waals surface area contributed by atoms with E-state index < -0.39 is 6.04 Å². The number of amides is 2. The first-order chi connectivity index (χ1) is 9.69. The number of hydrogen-bond acceptors (Lipinski definition) is 2. The highest BCUT2D eigenvalue weighted by molar-refractivity contribution is 14.1. The predicted octanol–water partition coefficient (Wildman–Crippen LogP) is 3.15. The molecule has 2 aromatic carbocycles. The Morgan fingerprint density at radius 1 is 1.10 bits per heavy atom. The summed E-state index contributed by atoms with van der Waals surface area (Å²) in [6.45, 7) is -0.149. The Bertz CT molecular complexity index is 558. The van der Waals surface area contributed by atoms with Crippen LogP contribution in [0, 0.1) is 3.57 Å². The minimum Gasteiger partial charge on any atom is -0.394 e. The van der Waals surface area contributed by atoms with Gasteiger partial charge in [0.1, 0.15) is 0 Å². The van der Waals surface area contributed by atoms with Crippen LogP contribution in [0.3, 0.4) is 0 Å². The average molecular weight is 382 g/mol. The molecule has 0 aromatic heterocycles. The molecule has 2 aromatic rings. The largest absolute Gasteiger partial charge is 0.394 e. The van der Waals surface area contributed by atoms with Gasteiger partial charge in [-0.2, -0.15) is 0 Å². The molecular weight excluding hydrogens is 367 g/mol. The van der Waals surface area contributed by atoms with Crippen molar-refractivity contribution in [2.24, 2.45) is 0 Å². The molecule has 0 fully saturated rings. The van der Waals surface area contributed by atoms with E-state index in [9.17, 15) is 9.90 Å². The SMILES string of the molecule is O=C(Nc1ccc(I)cc1)NC(CO)c1ccccc1. The molecule has 1 atom stereocenters. The van der Waals surface area contributed by atoms with E-state index in [1.807, 2.05) is 54.6 Å². The van der Waals surface area contributed by atoms with Crippen LogP contribution in [0.25, 0.3) is 0 Å². The van der Waals surface area contributed by atoms with Gasteiger partial charge in [-0.25, -0.2) is 4.79 Å². The lowest BCUT2D eigenvalue weighted by molar-refractivity contribution is 0.225. The van der Waals surface area contributed by atoms with Crippen molar-refractivity contribution in [2.75, 3.05) is 11.9 Å². The van der Waals surface area contributed by atoms with Crippen LogP contribution in [-0.2, 0) is 0 Å². The number of hydrogen-bond donors (Lipinski definition) is 3. The molecule has 0 aliphatic rings. The van der Waals surface area contributed by atoms with Crippen molar-refractivity contribution in [3.63, 3.8) is 0 Å². The van der Waals surface area contributed by atoms with Gasteiger partial charge < -0.3 is 15.7 Å². The molecule has 0 saturated carbocycles. The standard InChI is InChI=1S/C15H15IN2O2/c16-12-6-8-13(9-7-12)17-15(20)18-14(10-19)11-4-2-1-3-5-11/h1-9,14,19H,10H2,(H2,17,18,20). The van der Waals surface area contributed by atoms with Crippen molar-refractivity contribution >= 4 is 34.3 Å². The lowest BCUT2D eigenvalue weighted by Gasteiger charge is -2.17. The van der Waals surface area contributed by atoms with Crippen molar-refractivity contribution in [1.29, 1.82) is 0 Å². The summed E-state index contributed by atoms with van der Waals surface area (Å²) in [4.78, 5) is 11.9. The van der Waals surface area contributed by atoms with Crippen LogP contribution >= 0.6 is 22.6 Å². The zero-order valence-corrected chi connectivity index (χ0v) is 12.9. The second-order valence-electron chi connectivity index (χ2n) is 4.25. The summed E-state index contributed by atoms with van der Waals surface area (Å²) >= 11 is 2.20. The minimum absolute atomic E-state index is 0.149. The number of carbonyl (C=O) groups is 1. The number of benzene rings is 2. The third kappa shape index (κ3) is 4.21. The highest BCUT2D eigenvalue weighted by Gasteiger charge is 2.13. The Kier molecular flexibility index (Phi) is 5.37. The number of nitrogens with one attached hydrogen (secondary N) is 2. The molecule has 2 rings (SSSR count). The third-order valence-corrected chi connectivity index (χ3v) is 3.51. The molecule has 104 valence electrons. The number of halogens is 1. The summed E-state index contributed by atoms with van der Waals surface area (Å²) in [6, 6.07) is 16.1. The van der Waals surface area contributed by atoms with Crippen LogP contribution in [0.4, 0.5) is 10.5 Å². The summed E-state index contributed by atoms with van der Waals surface area (Å²) < 4.78 is 1.10.